The fourth-order valence-electron chi connectivity index (χ4n) is 2.90. The normalized spacial score (nSPS) is 25.5. The van der Waals surface area contributed by atoms with Crippen molar-refractivity contribution in [1.29, 1.82) is 0 Å². The third-order valence-electron chi connectivity index (χ3n) is 4.35. The van der Waals surface area contributed by atoms with Crippen LogP contribution >= 0.6 is 0 Å². The largest absolute Gasteiger partial charge is 0.381 e. The van der Waals surface area contributed by atoms with E-state index in [1.165, 1.54) is 0 Å². The zero-order valence-electron chi connectivity index (χ0n) is 13.0. The lowest BCUT2D eigenvalue weighted by Crippen LogP contribution is -2.47. The van der Waals surface area contributed by atoms with Crippen molar-refractivity contribution in [2.45, 2.75) is 32.6 Å². The Labute approximate surface area is 128 Å². The van der Waals surface area contributed by atoms with Gasteiger partial charge in [-0.2, -0.15) is 12.7 Å². The van der Waals surface area contributed by atoms with E-state index in [1.807, 2.05) is 0 Å². The van der Waals surface area contributed by atoms with E-state index in [-0.39, 0.29) is 0 Å². The third kappa shape index (κ3) is 5.49. The van der Waals surface area contributed by atoms with E-state index in [1.54, 1.807) is 4.31 Å². The van der Waals surface area contributed by atoms with Crippen molar-refractivity contribution in [2.75, 3.05) is 45.9 Å². The van der Waals surface area contributed by atoms with E-state index in [2.05, 4.69) is 17.0 Å². The first-order chi connectivity index (χ1) is 10.1. The molecule has 2 aliphatic heterocycles. The SMILES string of the molecule is CCCNCC1CCN(S(=O)(=O)NCC2CCOC2)CC1. The average molecular weight is 319 g/mol. The van der Waals surface area contributed by atoms with Gasteiger partial charge in [0.05, 0.1) is 6.61 Å². The third-order valence-corrected chi connectivity index (χ3v) is 5.93. The minimum atomic E-state index is -3.31. The van der Waals surface area contributed by atoms with Gasteiger partial charge in [-0.15, -0.1) is 0 Å². The molecule has 0 aliphatic carbocycles. The first kappa shape index (κ1) is 17.1. The first-order valence-corrected chi connectivity index (χ1v) is 9.59. The van der Waals surface area contributed by atoms with Crippen LogP contribution in [0, 0.1) is 11.8 Å². The molecule has 0 saturated carbocycles. The van der Waals surface area contributed by atoms with Gasteiger partial charge in [-0.1, -0.05) is 6.92 Å². The van der Waals surface area contributed by atoms with Crippen LogP contribution in [0.5, 0.6) is 0 Å². The van der Waals surface area contributed by atoms with Crippen LogP contribution in [0.15, 0.2) is 0 Å². The number of nitrogens with zero attached hydrogens (tertiary/aromatic N) is 1. The second kappa shape index (κ2) is 8.43. The number of hydrogen-bond acceptors (Lipinski definition) is 4. The Hall–Kier alpha value is -0.210. The lowest BCUT2D eigenvalue weighted by molar-refractivity contribution is 0.186. The second-order valence-electron chi connectivity index (χ2n) is 6.13. The molecule has 1 unspecified atom stereocenters. The molecule has 2 N–H and O–H groups in total. The summed E-state index contributed by atoms with van der Waals surface area (Å²) < 4.78 is 34.1. The molecule has 0 aromatic carbocycles. The Morgan fingerprint density at radius 2 is 1.90 bits per heavy atom. The van der Waals surface area contributed by atoms with Gasteiger partial charge in [0.2, 0.25) is 0 Å². The van der Waals surface area contributed by atoms with Gasteiger partial charge in [0.1, 0.15) is 0 Å². The number of rotatable bonds is 8. The molecule has 2 rings (SSSR count). The number of ether oxygens (including phenoxy) is 1. The van der Waals surface area contributed by atoms with Crippen LogP contribution in [-0.4, -0.2) is 58.7 Å². The van der Waals surface area contributed by atoms with Gasteiger partial charge in [0, 0.05) is 26.2 Å². The summed E-state index contributed by atoms with van der Waals surface area (Å²) in [4.78, 5) is 0. The van der Waals surface area contributed by atoms with Gasteiger partial charge in [0.25, 0.3) is 10.2 Å². The van der Waals surface area contributed by atoms with Crippen LogP contribution in [-0.2, 0) is 14.9 Å². The lowest BCUT2D eigenvalue weighted by atomic mass is 9.98. The average Bonchev–Trinajstić information content (AvgIpc) is 3.00. The molecular weight excluding hydrogens is 290 g/mol. The van der Waals surface area contributed by atoms with E-state index in [0.717, 1.165) is 45.4 Å². The fraction of sp³-hybridized carbons (Fsp3) is 1.00. The Balaban J connectivity index is 1.69. The highest BCUT2D eigenvalue weighted by Gasteiger charge is 2.28. The van der Waals surface area contributed by atoms with E-state index < -0.39 is 10.2 Å². The number of hydrogen-bond donors (Lipinski definition) is 2. The molecular formula is C14H29N3O3S. The summed E-state index contributed by atoms with van der Waals surface area (Å²) in [5.41, 5.74) is 0. The summed E-state index contributed by atoms with van der Waals surface area (Å²) in [6.45, 7) is 7.40. The van der Waals surface area contributed by atoms with Gasteiger partial charge in [-0.3, -0.25) is 0 Å². The maximum Gasteiger partial charge on any atom is 0.279 e. The van der Waals surface area contributed by atoms with E-state index in [0.29, 0.717) is 38.1 Å². The number of nitrogens with one attached hydrogen (secondary N) is 2. The van der Waals surface area contributed by atoms with Crippen LogP contribution in [0.2, 0.25) is 0 Å². The smallest absolute Gasteiger partial charge is 0.279 e. The van der Waals surface area contributed by atoms with Gasteiger partial charge >= 0.3 is 0 Å². The van der Waals surface area contributed by atoms with Crippen LogP contribution in [0.4, 0.5) is 0 Å². The molecule has 0 bridgehead atoms. The van der Waals surface area contributed by atoms with Crippen molar-refractivity contribution in [3.05, 3.63) is 0 Å². The standard InChI is InChI=1S/C14H29N3O3S/c1-2-6-15-10-13-3-7-17(8-4-13)21(18,19)16-11-14-5-9-20-12-14/h13-16H,2-12H2,1H3. The number of piperidine rings is 1. The van der Waals surface area contributed by atoms with Crippen molar-refractivity contribution in [2.24, 2.45) is 11.8 Å². The van der Waals surface area contributed by atoms with Crippen molar-refractivity contribution in [3.8, 4) is 0 Å². The molecule has 0 aromatic rings. The predicted octanol–water partition coefficient (Wildman–Crippen LogP) is 0.569. The molecule has 7 heteroatoms. The highest BCUT2D eigenvalue weighted by molar-refractivity contribution is 7.87. The highest BCUT2D eigenvalue weighted by atomic mass is 32.2. The fourth-order valence-corrected chi connectivity index (χ4v) is 4.22. The van der Waals surface area contributed by atoms with E-state index >= 15 is 0 Å². The van der Waals surface area contributed by atoms with Crippen LogP contribution in [0.25, 0.3) is 0 Å². The predicted molar refractivity (Wildman–Crippen MR) is 83.3 cm³/mol. The van der Waals surface area contributed by atoms with Crippen molar-refractivity contribution >= 4 is 10.2 Å². The summed E-state index contributed by atoms with van der Waals surface area (Å²) >= 11 is 0. The van der Waals surface area contributed by atoms with Crippen LogP contribution in [0.1, 0.15) is 32.6 Å². The zero-order valence-corrected chi connectivity index (χ0v) is 13.8. The molecule has 0 radical (unpaired) electrons. The minimum Gasteiger partial charge on any atom is -0.381 e. The molecule has 1 atom stereocenters. The molecule has 21 heavy (non-hydrogen) atoms. The van der Waals surface area contributed by atoms with Gasteiger partial charge in [0.15, 0.2) is 0 Å². The maximum absolute atomic E-state index is 12.3. The summed E-state index contributed by atoms with van der Waals surface area (Å²) in [5, 5.41) is 3.42. The maximum atomic E-state index is 12.3. The van der Waals surface area contributed by atoms with Crippen LogP contribution in [0.3, 0.4) is 0 Å². The summed E-state index contributed by atoms with van der Waals surface area (Å²) in [7, 11) is -3.31. The van der Waals surface area contributed by atoms with E-state index in [9.17, 15) is 8.42 Å². The molecule has 2 heterocycles. The zero-order chi connectivity index (χ0) is 15.1. The topological polar surface area (TPSA) is 70.7 Å². The molecule has 6 nitrogen and oxygen atoms in total. The molecule has 2 fully saturated rings. The van der Waals surface area contributed by atoms with Gasteiger partial charge in [-0.25, -0.2) is 4.72 Å². The van der Waals surface area contributed by atoms with Gasteiger partial charge in [-0.05, 0) is 50.6 Å². The van der Waals surface area contributed by atoms with Crippen molar-refractivity contribution < 1.29 is 13.2 Å². The Morgan fingerprint density at radius 3 is 2.52 bits per heavy atom. The molecule has 124 valence electrons. The first-order valence-electron chi connectivity index (χ1n) is 8.15. The Morgan fingerprint density at radius 1 is 1.14 bits per heavy atom. The minimum absolute atomic E-state index is 0.329. The van der Waals surface area contributed by atoms with E-state index in [4.69, 9.17) is 4.74 Å². The molecule has 0 aromatic heterocycles. The molecule has 0 spiro atoms. The molecule has 0 amide bonds. The molecule has 2 aliphatic rings. The molecule has 2 saturated heterocycles. The van der Waals surface area contributed by atoms with Crippen molar-refractivity contribution in [3.63, 3.8) is 0 Å². The summed E-state index contributed by atoms with van der Waals surface area (Å²) in [6, 6.07) is 0. The second-order valence-corrected chi connectivity index (χ2v) is 7.88. The summed E-state index contributed by atoms with van der Waals surface area (Å²) in [5.74, 6) is 0.932. The van der Waals surface area contributed by atoms with Gasteiger partial charge < -0.3 is 10.1 Å². The Bertz CT molecular complexity index is 388. The lowest BCUT2D eigenvalue weighted by Gasteiger charge is -2.31. The monoisotopic (exact) mass is 319 g/mol. The van der Waals surface area contributed by atoms with Crippen molar-refractivity contribution in [1.82, 2.24) is 14.3 Å². The Kier molecular flexibility index (Phi) is 6.88. The summed E-state index contributed by atoms with van der Waals surface area (Å²) in [6.07, 6.45) is 3.99. The van der Waals surface area contributed by atoms with Crippen LogP contribution < -0.4 is 10.0 Å². The quantitative estimate of drug-likeness (QED) is 0.642. The highest BCUT2D eigenvalue weighted by Crippen LogP contribution is 2.19.